The van der Waals surface area contributed by atoms with Crippen LogP contribution >= 0.6 is 0 Å². The summed E-state index contributed by atoms with van der Waals surface area (Å²) in [6.45, 7) is 6.89. The molecule has 22 heavy (non-hydrogen) atoms. The van der Waals surface area contributed by atoms with Crippen molar-refractivity contribution < 1.29 is 4.79 Å². The average Bonchev–Trinajstić information content (AvgIpc) is 3.12. The van der Waals surface area contributed by atoms with Gasteiger partial charge in [-0.05, 0) is 38.6 Å². The zero-order valence-corrected chi connectivity index (χ0v) is 14.1. The third-order valence-corrected chi connectivity index (χ3v) is 5.00. The number of nitrogens with zero attached hydrogens (tertiary/aromatic N) is 4. The fraction of sp³-hybridized carbons (Fsp3) is 0.765. The molecule has 1 saturated heterocycles. The number of aromatic nitrogens is 2. The predicted molar refractivity (Wildman–Crippen MR) is 86.4 cm³/mol. The SMILES string of the molecule is CCc1nn(C)cc1CN1CCC[C@H]1CN(C(C)=O)C1CC1. The highest BCUT2D eigenvalue weighted by molar-refractivity contribution is 5.74. The van der Waals surface area contributed by atoms with Crippen molar-refractivity contribution >= 4 is 5.91 Å². The summed E-state index contributed by atoms with van der Waals surface area (Å²) in [5.41, 5.74) is 2.55. The molecule has 122 valence electrons. The van der Waals surface area contributed by atoms with Gasteiger partial charge in [-0.2, -0.15) is 5.10 Å². The Morgan fingerprint density at radius 3 is 2.82 bits per heavy atom. The summed E-state index contributed by atoms with van der Waals surface area (Å²) in [4.78, 5) is 16.5. The fourth-order valence-corrected chi connectivity index (χ4v) is 3.69. The second-order valence-corrected chi connectivity index (χ2v) is 6.80. The molecule has 0 spiro atoms. The van der Waals surface area contributed by atoms with Gasteiger partial charge in [-0.15, -0.1) is 0 Å². The van der Waals surface area contributed by atoms with Gasteiger partial charge < -0.3 is 4.90 Å². The van der Waals surface area contributed by atoms with Gasteiger partial charge in [-0.3, -0.25) is 14.4 Å². The molecule has 1 aromatic rings. The van der Waals surface area contributed by atoms with Crippen molar-refractivity contribution in [1.29, 1.82) is 0 Å². The van der Waals surface area contributed by atoms with Crippen molar-refractivity contribution in [2.75, 3.05) is 13.1 Å². The molecule has 5 heteroatoms. The number of carbonyl (C=O) groups excluding carboxylic acids is 1. The zero-order chi connectivity index (χ0) is 15.7. The summed E-state index contributed by atoms with van der Waals surface area (Å²) in [5.74, 6) is 0.241. The highest BCUT2D eigenvalue weighted by Crippen LogP contribution is 2.30. The highest BCUT2D eigenvalue weighted by Gasteiger charge is 2.35. The van der Waals surface area contributed by atoms with Gasteiger partial charge in [0.15, 0.2) is 0 Å². The van der Waals surface area contributed by atoms with Crippen molar-refractivity contribution in [3.8, 4) is 0 Å². The van der Waals surface area contributed by atoms with Crippen LogP contribution in [-0.4, -0.2) is 50.7 Å². The number of likely N-dealkylation sites (tertiary alicyclic amines) is 1. The summed E-state index contributed by atoms with van der Waals surface area (Å²) in [5, 5.41) is 4.55. The van der Waals surface area contributed by atoms with Crippen LogP contribution < -0.4 is 0 Å². The van der Waals surface area contributed by atoms with Crippen molar-refractivity contribution in [1.82, 2.24) is 19.6 Å². The molecular formula is C17H28N4O. The normalized spacial score (nSPS) is 22.2. The average molecular weight is 304 g/mol. The van der Waals surface area contributed by atoms with Gasteiger partial charge >= 0.3 is 0 Å². The monoisotopic (exact) mass is 304 g/mol. The van der Waals surface area contributed by atoms with E-state index in [0.717, 1.165) is 26.1 Å². The Labute approximate surface area is 133 Å². The standard InChI is InChI=1S/C17H28N4O/c1-4-17-14(10-19(3)18-17)11-20-9-5-6-16(20)12-21(13(2)22)15-7-8-15/h10,15-16H,4-9,11-12H2,1-3H3/t16-/m0/s1. The van der Waals surface area contributed by atoms with Crippen LogP contribution in [0.1, 0.15) is 50.8 Å². The Morgan fingerprint density at radius 1 is 1.41 bits per heavy atom. The van der Waals surface area contributed by atoms with E-state index in [1.165, 1.54) is 36.9 Å². The Morgan fingerprint density at radius 2 is 2.18 bits per heavy atom. The van der Waals surface area contributed by atoms with Gasteiger partial charge in [0.1, 0.15) is 0 Å². The number of hydrogen-bond acceptors (Lipinski definition) is 3. The molecule has 3 rings (SSSR count). The van der Waals surface area contributed by atoms with Crippen LogP contribution in [0.25, 0.3) is 0 Å². The van der Waals surface area contributed by atoms with Crippen LogP contribution in [0.4, 0.5) is 0 Å². The fourth-order valence-electron chi connectivity index (χ4n) is 3.69. The molecule has 0 bridgehead atoms. The van der Waals surface area contributed by atoms with E-state index in [0.29, 0.717) is 12.1 Å². The van der Waals surface area contributed by atoms with E-state index in [2.05, 4.69) is 28.0 Å². The van der Waals surface area contributed by atoms with Crippen molar-refractivity contribution in [3.05, 3.63) is 17.5 Å². The topological polar surface area (TPSA) is 41.4 Å². The Bertz CT molecular complexity index is 535. The van der Waals surface area contributed by atoms with E-state index in [-0.39, 0.29) is 5.91 Å². The van der Waals surface area contributed by atoms with Gasteiger partial charge in [0.2, 0.25) is 5.91 Å². The minimum Gasteiger partial charge on any atom is -0.338 e. The lowest BCUT2D eigenvalue weighted by molar-refractivity contribution is -0.130. The van der Waals surface area contributed by atoms with Crippen molar-refractivity contribution in [2.24, 2.45) is 7.05 Å². The molecule has 2 fully saturated rings. The van der Waals surface area contributed by atoms with E-state index in [4.69, 9.17) is 0 Å². The first-order valence-corrected chi connectivity index (χ1v) is 8.61. The van der Waals surface area contributed by atoms with E-state index >= 15 is 0 Å². The third-order valence-electron chi connectivity index (χ3n) is 5.00. The van der Waals surface area contributed by atoms with Crippen LogP contribution in [0, 0.1) is 0 Å². The number of aryl methyl sites for hydroxylation is 2. The highest BCUT2D eigenvalue weighted by atomic mass is 16.2. The molecular weight excluding hydrogens is 276 g/mol. The zero-order valence-electron chi connectivity index (χ0n) is 14.1. The third kappa shape index (κ3) is 3.35. The Hall–Kier alpha value is -1.36. The lowest BCUT2D eigenvalue weighted by Crippen LogP contribution is -2.43. The van der Waals surface area contributed by atoms with Gasteiger partial charge in [0.05, 0.1) is 5.69 Å². The van der Waals surface area contributed by atoms with E-state index in [1.54, 1.807) is 6.92 Å². The largest absolute Gasteiger partial charge is 0.338 e. The molecule has 1 aliphatic heterocycles. The summed E-state index contributed by atoms with van der Waals surface area (Å²) in [6, 6.07) is 1.03. The summed E-state index contributed by atoms with van der Waals surface area (Å²) in [7, 11) is 1.99. The number of hydrogen-bond donors (Lipinski definition) is 0. The first kappa shape index (κ1) is 15.5. The Balaban J connectivity index is 1.66. The van der Waals surface area contributed by atoms with Crippen LogP contribution in [0.3, 0.4) is 0 Å². The Kier molecular flexibility index (Phi) is 4.52. The summed E-state index contributed by atoms with van der Waals surface area (Å²) < 4.78 is 1.92. The molecule has 1 aromatic heterocycles. The van der Waals surface area contributed by atoms with Gasteiger partial charge in [0, 0.05) is 50.9 Å². The van der Waals surface area contributed by atoms with Gasteiger partial charge in [-0.1, -0.05) is 6.92 Å². The first-order chi connectivity index (χ1) is 10.6. The summed E-state index contributed by atoms with van der Waals surface area (Å²) in [6.07, 6.45) is 7.96. The van der Waals surface area contributed by atoms with E-state index in [9.17, 15) is 4.79 Å². The first-order valence-electron chi connectivity index (χ1n) is 8.61. The van der Waals surface area contributed by atoms with Crippen LogP contribution in [0.2, 0.25) is 0 Å². The van der Waals surface area contributed by atoms with Gasteiger partial charge in [-0.25, -0.2) is 0 Å². The maximum Gasteiger partial charge on any atom is 0.219 e. The number of rotatable bonds is 6. The summed E-state index contributed by atoms with van der Waals surface area (Å²) >= 11 is 0. The molecule has 1 aliphatic carbocycles. The molecule has 1 saturated carbocycles. The van der Waals surface area contributed by atoms with Crippen molar-refractivity contribution in [2.45, 2.75) is 64.6 Å². The number of carbonyl (C=O) groups is 1. The van der Waals surface area contributed by atoms with E-state index in [1.807, 2.05) is 11.7 Å². The smallest absolute Gasteiger partial charge is 0.219 e. The van der Waals surface area contributed by atoms with Gasteiger partial charge in [0.25, 0.3) is 0 Å². The molecule has 5 nitrogen and oxygen atoms in total. The van der Waals surface area contributed by atoms with E-state index < -0.39 is 0 Å². The molecule has 0 radical (unpaired) electrons. The second kappa shape index (κ2) is 6.41. The van der Waals surface area contributed by atoms with Crippen LogP contribution in [0.15, 0.2) is 6.20 Å². The molecule has 1 atom stereocenters. The predicted octanol–water partition coefficient (Wildman–Crippen LogP) is 1.96. The maximum atomic E-state index is 11.9. The minimum atomic E-state index is 0.241. The van der Waals surface area contributed by atoms with Crippen LogP contribution in [-0.2, 0) is 24.8 Å². The molecule has 2 heterocycles. The minimum absolute atomic E-state index is 0.241. The molecule has 2 aliphatic rings. The van der Waals surface area contributed by atoms with Crippen LogP contribution in [0.5, 0.6) is 0 Å². The maximum absolute atomic E-state index is 11.9. The second-order valence-electron chi connectivity index (χ2n) is 6.80. The van der Waals surface area contributed by atoms with Crippen molar-refractivity contribution in [3.63, 3.8) is 0 Å². The molecule has 1 amide bonds. The molecule has 0 unspecified atom stereocenters. The molecule has 0 aromatic carbocycles. The lowest BCUT2D eigenvalue weighted by Gasteiger charge is -2.30. The quantitative estimate of drug-likeness (QED) is 0.807. The number of amides is 1. The molecule has 0 N–H and O–H groups in total. The lowest BCUT2D eigenvalue weighted by atomic mass is 10.1.